The summed E-state index contributed by atoms with van der Waals surface area (Å²) in [5, 5.41) is 11.8. The number of fused-ring (bicyclic) bond motifs is 1. The number of nitrogens with one attached hydrogen (secondary N) is 1. The normalized spacial score (nSPS) is 15.9. The zero-order chi connectivity index (χ0) is 20.7. The van der Waals surface area contributed by atoms with E-state index < -0.39 is 11.7 Å². The molecule has 1 unspecified atom stereocenters. The van der Waals surface area contributed by atoms with Gasteiger partial charge in [-0.05, 0) is 63.3 Å². The number of ether oxygens (including phenoxy) is 1. The fourth-order valence-electron chi connectivity index (χ4n) is 3.45. The van der Waals surface area contributed by atoms with Gasteiger partial charge in [0.1, 0.15) is 11.5 Å². The molecule has 28 heavy (non-hydrogen) atoms. The van der Waals surface area contributed by atoms with E-state index in [1.54, 1.807) is 25.7 Å². The van der Waals surface area contributed by atoms with E-state index in [2.05, 4.69) is 11.4 Å². The predicted octanol–water partition coefficient (Wildman–Crippen LogP) is 3.57. The van der Waals surface area contributed by atoms with Crippen LogP contribution in [0.2, 0.25) is 0 Å². The molecule has 1 aliphatic rings. The van der Waals surface area contributed by atoms with Gasteiger partial charge in [0.05, 0.1) is 11.6 Å². The first-order valence-electron chi connectivity index (χ1n) is 9.57. The maximum Gasteiger partial charge on any atom is 0.407 e. The van der Waals surface area contributed by atoms with Gasteiger partial charge in [0.25, 0.3) is 0 Å². The Bertz CT molecular complexity index is 752. The molecule has 0 fully saturated rings. The molecular formula is C21H28ClN3O3. The number of aryl methyl sites for hydroxylation is 1. The van der Waals surface area contributed by atoms with Crippen molar-refractivity contribution < 1.29 is 14.3 Å². The van der Waals surface area contributed by atoms with Crippen molar-refractivity contribution in [2.75, 3.05) is 25.5 Å². The van der Waals surface area contributed by atoms with Crippen LogP contribution < -0.4 is 5.32 Å². The summed E-state index contributed by atoms with van der Waals surface area (Å²) in [6.45, 7) is 6.61. The second-order valence-electron chi connectivity index (χ2n) is 8.02. The zero-order valence-corrected chi connectivity index (χ0v) is 17.5. The van der Waals surface area contributed by atoms with Crippen LogP contribution in [-0.2, 0) is 16.0 Å². The summed E-state index contributed by atoms with van der Waals surface area (Å²) >= 11 is 5.79. The molecular weight excluding hydrogens is 378 g/mol. The molecule has 1 atom stereocenters. The van der Waals surface area contributed by atoms with Gasteiger partial charge in [0, 0.05) is 25.6 Å². The Morgan fingerprint density at radius 1 is 1.39 bits per heavy atom. The zero-order valence-electron chi connectivity index (χ0n) is 16.8. The molecule has 152 valence electrons. The van der Waals surface area contributed by atoms with Crippen molar-refractivity contribution in [3.63, 3.8) is 0 Å². The van der Waals surface area contributed by atoms with E-state index in [0.29, 0.717) is 25.2 Å². The van der Waals surface area contributed by atoms with E-state index in [1.165, 1.54) is 11.1 Å². The summed E-state index contributed by atoms with van der Waals surface area (Å²) in [5.74, 6) is -0.0575. The third kappa shape index (κ3) is 6.42. The summed E-state index contributed by atoms with van der Waals surface area (Å²) < 4.78 is 5.22. The topological polar surface area (TPSA) is 82.4 Å². The van der Waals surface area contributed by atoms with Crippen LogP contribution >= 0.6 is 11.6 Å². The summed E-state index contributed by atoms with van der Waals surface area (Å²) in [6.07, 6.45) is 2.44. The van der Waals surface area contributed by atoms with Crippen LogP contribution in [0.15, 0.2) is 18.2 Å². The van der Waals surface area contributed by atoms with Crippen molar-refractivity contribution in [2.45, 2.75) is 51.6 Å². The van der Waals surface area contributed by atoms with Crippen molar-refractivity contribution in [1.29, 1.82) is 5.26 Å². The van der Waals surface area contributed by atoms with Crippen molar-refractivity contribution in [2.24, 2.45) is 0 Å². The molecule has 1 aromatic carbocycles. The lowest BCUT2D eigenvalue weighted by Gasteiger charge is -2.31. The molecule has 0 heterocycles. The van der Waals surface area contributed by atoms with Crippen LogP contribution in [0.3, 0.4) is 0 Å². The standard InChI is InChI=1S/C21H28ClN3O3/c1-21(2,3)28-20(27)24-9-10-25(19(26)12-22)14-17-6-4-5-16-11-15(13-23)7-8-18(16)17/h7-8,11,17H,4-6,9-10,12,14H2,1-3H3,(H,24,27). The first-order chi connectivity index (χ1) is 13.2. The van der Waals surface area contributed by atoms with Crippen molar-refractivity contribution in [1.82, 2.24) is 10.2 Å². The lowest BCUT2D eigenvalue weighted by atomic mass is 9.82. The number of rotatable bonds is 6. The summed E-state index contributed by atoms with van der Waals surface area (Å²) in [5.41, 5.74) is 2.47. The third-order valence-corrected chi connectivity index (χ3v) is 4.90. The second kappa shape index (κ2) is 9.79. The van der Waals surface area contributed by atoms with Gasteiger partial charge in [-0.2, -0.15) is 5.26 Å². The Labute approximate surface area is 171 Å². The summed E-state index contributed by atoms with van der Waals surface area (Å²) in [7, 11) is 0. The van der Waals surface area contributed by atoms with Crippen molar-refractivity contribution in [3.8, 4) is 6.07 Å². The second-order valence-corrected chi connectivity index (χ2v) is 8.28. The number of alkyl carbamates (subject to hydrolysis) is 1. The Hall–Kier alpha value is -2.26. The third-order valence-electron chi connectivity index (χ3n) is 4.67. The number of amides is 2. The number of hydrogen-bond donors (Lipinski definition) is 1. The number of alkyl halides is 1. The highest BCUT2D eigenvalue weighted by atomic mass is 35.5. The maximum atomic E-state index is 12.3. The highest BCUT2D eigenvalue weighted by molar-refractivity contribution is 6.27. The molecule has 0 radical (unpaired) electrons. The highest BCUT2D eigenvalue weighted by Gasteiger charge is 2.25. The molecule has 1 N–H and O–H groups in total. The monoisotopic (exact) mass is 405 g/mol. The van der Waals surface area contributed by atoms with Gasteiger partial charge in [-0.3, -0.25) is 4.79 Å². The SMILES string of the molecule is CC(C)(C)OC(=O)NCCN(CC1CCCc2cc(C#N)ccc21)C(=O)CCl. The molecule has 0 aromatic heterocycles. The number of nitrogens with zero attached hydrogens (tertiary/aromatic N) is 2. The first kappa shape index (κ1) is 22.0. The molecule has 7 heteroatoms. The fourth-order valence-corrected chi connectivity index (χ4v) is 3.62. The fraction of sp³-hybridized carbons (Fsp3) is 0.571. The lowest BCUT2D eigenvalue weighted by molar-refractivity contribution is -0.128. The number of carbonyl (C=O) groups excluding carboxylic acids is 2. The number of halogens is 1. The van der Waals surface area contributed by atoms with Gasteiger partial charge in [-0.1, -0.05) is 6.07 Å². The van der Waals surface area contributed by atoms with E-state index >= 15 is 0 Å². The van der Waals surface area contributed by atoms with Gasteiger partial charge < -0.3 is 15.0 Å². The van der Waals surface area contributed by atoms with Gasteiger partial charge >= 0.3 is 6.09 Å². The van der Waals surface area contributed by atoms with Crippen LogP contribution in [-0.4, -0.2) is 48.0 Å². The average Bonchev–Trinajstić information content (AvgIpc) is 2.64. The quantitative estimate of drug-likeness (QED) is 0.733. The van der Waals surface area contributed by atoms with Gasteiger partial charge in [0.2, 0.25) is 5.91 Å². The molecule has 6 nitrogen and oxygen atoms in total. The van der Waals surface area contributed by atoms with Crippen LogP contribution in [0.5, 0.6) is 0 Å². The molecule has 0 saturated carbocycles. The van der Waals surface area contributed by atoms with Gasteiger partial charge in [-0.25, -0.2) is 4.79 Å². The van der Waals surface area contributed by atoms with Crippen LogP contribution in [0.1, 0.15) is 56.2 Å². The van der Waals surface area contributed by atoms with Gasteiger partial charge in [-0.15, -0.1) is 11.6 Å². The largest absolute Gasteiger partial charge is 0.444 e. The molecule has 0 saturated heterocycles. The Morgan fingerprint density at radius 2 is 2.14 bits per heavy atom. The van der Waals surface area contributed by atoms with Gasteiger partial charge in [0.15, 0.2) is 0 Å². The number of carbonyl (C=O) groups is 2. The van der Waals surface area contributed by atoms with E-state index in [9.17, 15) is 9.59 Å². The molecule has 0 bridgehead atoms. The van der Waals surface area contributed by atoms with E-state index in [-0.39, 0.29) is 17.7 Å². The minimum atomic E-state index is -0.566. The average molecular weight is 406 g/mol. The molecule has 1 aliphatic carbocycles. The lowest BCUT2D eigenvalue weighted by Crippen LogP contribution is -2.42. The molecule has 2 rings (SSSR count). The Morgan fingerprint density at radius 3 is 2.79 bits per heavy atom. The molecule has 0 spiro atoms. The van der Waals surface area contributed by atoms with E-state index in [0.717, 1.165) is 19.3 Å². The van der Waals surface area contributed by atoms with Crippen molar-refractivity contribution in [3.05, 3.63) is 34.9 Å². The van der Waals surface area contributed by atoms with Crippen LogP contribution in [0, 0.1) is 11.3 Å². The maximum absolute atomic E-state index is 12.3. The number of hydrogen-bond acceptors (Lipinski definition) is 4. The molecule has 0 aliphatic heterocycles. The van der Waals surface area contributed by atoms with E-state index in [1.807, 2.05) is 18.2 Å². The smallest absolute Gasteiger partial charge is 0.407 e. The van der Waals surface area contributed by atoms with Crippen molar-refractivity contribution >= 4 is 23.6 Å². The molecule has 1 aromatic rings. The highest BCUT2D eigenvalue weighted by Crippen LogP contribution is 2.32. The minimum absolute atomic E-state index is 0.0978. The Kier molecular flexibility index (Phi) is 7.70. The summed E-state index contributed by atoms with van der Waals surface area (Å²) in [6, 6.07) is 7.95. The van der Waals surface area contributed by atoms with Crippen LogP contribution in [0.4, 0.5) is 4.79 Å². The van der Waals surface area contributed by atoms with E-state index in [4.69, 9.17) is 21.6 Å². The summed E-state index contributed by atoms with van der Waals surface area (Å²) in [4.78, 5) is 25.8. The predicted molar refractivity (Wildman–Crippen MR) is 108 cm³/mol. The first-order valence-corrected chi connectivity index (χ1v) is 10.1. The Balaban J connectivity index is 2.01. The van der Waals surface area contributed by atoms with Crippen LogP contribution in [0.25, 0.3) is 0 Å². The number of nitriles is 1. The number of benzene rings is 1. The molecule has 2 amide bonds. The minimum Gasteiger partial charge on any atom is -0.444 e.